The van der Waals surface area contributed by atoms with Crippen molar-refractivity contribution in [2.45, 2.75) is 38.8 Å². The Hall–Kier alpha value is -2.18. The Morgan fingerprint density at radius 1 is 1.00 bits per heavy atom. The molecule has 4 rings (SSSR count). The molecule has 5 nitrogen and oxygen atoms in total. The lowest BCUT2D eigenvalue weighted by Crippen LogP contribution is -2.45. The van der Waals surface area contributed by atoms with E-state index in [1.165, 1.54) is 35.3 Å². The lowest BCUT2D eigenvalue weighted by Gasteiger charge is -2.31. The predicted molar refractivity (Wildman–Crippen MR) is 116 cm³/mol. The van der Waals surface area contributed by atoms with Crippen molar-refractivity contribution in [2.75, 3.05) is 26.2 Å². The van der Waals surface area contributed by atoms with Gasteiger partial charge in [0.15, 0.2) is 0 Å². The van der Waals surface area contributed by atoms with Crippen molar-refractivity contribution < 1.29 is 9.59 Å². The molecule has 1 N–H and O–H groups in total. The normalized spacial score (nSPS) is 20.0. The Bertz CT molecular complexity index is 830. The van der Waals surface area contributed by atoms with Crippen LogP contribution in [0.3, 0.4) is 0 Å². The molecule has 6 heteroatoms. The van der Waals surface area contributed by atoms with E-state index in [0.717, 1.165) is 43.9 Å². The van der Waals surface area contributed by atoms with Gasteiger partial charge in [0.1, 0.15) is 0 Å². The van der Waals surface area contributed by atoms with Crippen LogP contribution in [0.2, 0.25) is 0 Å². The van der Waals surface area contributed by atoms with Gasteiger partial charge >= 0.3 is 0 Å². The van der Waals surface area contributed by atoms with Crippen LogP contribution in [-0.2, 0) is 17.9 Å². The van der Waals surface area contributed by atoms with Crippen molar-refractivity contribution in [3.8, 4) is 0 Å². The molecule has 154 valence electrons. The molecule has 2 saturated heterocycles. The fourth-order valence-corrected chi connectivity index (χ4v) is 5.02. The van der Waals surface area contributed by atoms with Crippen molar-refractivity contribution in [3.63, 3.8) is 0 Å². The SMILES string of the molecule is O=C(NCc1ccccc1CN1CCCC1)[C@@H]1CCCN(C(=O)c2cccs2)C1. The number of benzene rings is 1. The van der Waals surface area contributed by atoms with Crippen LogP contribution in [0.25, 0.3) is 0 Å². The summed E-state index contributed by atoms with van der Waals surface area (Å²) in [5.74, 6) is -0.0171. The van der Waals surface area contributed by atoms with Gasteiger partial charge in [-0.3, -0.25) is 14.5 Å². The van der Waals surface area contributed by atoms with Gasteiger partial charge < -0.3 is 10.2 Å². The maximum Gasteiger partial charge on any atom is 0.263 e. The zero-order valence-electron chi connectivity index (χ0n) is 16.8. The molecule has 1 atom stereocenters. The quantitative estimate of drug-likeness (QED) is 0.791. The molecule has 1 aromatic carbocycles. The summed E-state index contributed by atoms with van der Waals surface area (Å²) < 4.78 is 0. The molecule has 0 unspecified atom stereocenters. The Labute approximate surface area is 176 Å². The average Bonchev–Trinajstić information content (AvgIpc) is 3.47. The van der Waals surface area contributed by atoms with E-state index in [-0.39, 0.29) is 17.7 Å². The average molecular weight is 412 g/mol. The van der Waals surface area contributed by atoms with E-state index >= 15 is 0 Å². The number of nitrogens with one attached hydrogen (secondary N) is 1. The second-order valence-electron chi connectivity index (χ2n) is 8.04. The highest BCUT2D eigenvalue weighted by molar-refractivity contribution is 7.12. The van der Waals surface area contributed by atoms with Crippen LogP contribution in [0, 0.1) is 5.92 Å². The fourth-order valence-electron chi connectivity index (χ4n) is 4.32. The minimum atomic E-state index is -0.126. The van der Waals surface area contributed by atoms with E-state index in [4.69, 9.17) is 0 Å². The monoisotopic (exact) mass is 411 g/mol. The summed E-state index contributed by atoms with van der Waals surface area (Å²) in [4.78, 5) is 30.5. The zero-order chi connectivity index (χ0) is 20.1. The third kappa shape index (κ3) is 5.06. The van der Waals surface area contributed by atoms with Crippen molar-refractivity contribution >= 4 is 23.2 Å². The zero-order valence-corrected chi connectivity index (χ0v) is 17.6. The molecule has 0 saturated carbocycles. The summed E-state index contributed by atoms with van der Waals surface area (Å²) >= 11 is 1.46. The van der Waals surface area contributed by atoms with Crippen LogP contribution in [0.15, 0.2) is 41.8 Å². The molecule has 0 spiro atoms. The lowest BCUT2D eigenvalue weighted by atomic mass is 9.96. The number of carbonyl (C=O) groups excluding carboxylic acids is 2. The molecule has 2 amide bonds. The third-order valence-corrected chi connectivity index (χ3v) is 6.83. The van der Waals surface area contributed by atoms with Gasteiger partial charge in [0.05, 0.1) is 10.8 Å². The first kappa shape index (κ1) is 20.1. The van der Waals surface area contributed by atoms with Crippen molar-refractivity contribution in [2.24, 2.45) is 5.92 Å². The van der Waals surface area contributed by atoms with Gasteiger partial charge in [-0.1, -0.05) is 30.3 Å². The molecular formula is C23H29N3O2S. The number of hydrogen-bond acceptors (Lipinski definition) is 4. The van der Waals surface area contributed by atoms with Crippen molar-refractivity contribution in [1.82, 2.24) is 15.1 Å². The van der Waals surface area contributed by atoms with Crippen molar-refractivity contribution in [3.05, 3.63) is 57.8 Å². The molecule has 2 aliphatic rings. The Morgan fingerprint density at radius 2 is 1.79 bits per heavy atom. The number of likely N-dealkylation sites (tertiary alicyclic amines) is 2. The van der Waals surface area contributed by atoms with Crippen LogP contribution >= 0.6 is 11.3 Å². The highest BCUT2D eigenvalue weighted by atomic mass is 32.1. The van der Waals surface area contributed by atoms with Gasteiger partial charge in [-0.15, -0.1) is 11.3 Å². The largest absolute Gasteiger partial charge is 0.352 e. The maximum atomic E-state index is 12.8. The summed E-state index contributed by atoms with van der Waals surface area (Å²) in [6.07, 6.45) is 4.28. The summed E-state index contributed by atoms with van der Waals surface area (Å²) in [5.41, 5.74) is 2.49. The van der Waals surface area contributed by atoms with Gasteiger partial charge in [-0.2, -0.15) is 0 Å². The summed E-state index contributed by atoms with van der Waals surface area (Å²) in [6.45, 7) is 5.09. The van der Waals surface area contributed by atoms with E-state index in [1.807, 2.05) is 28.5 Å². The number of amides is 2. The molecule has 0 radical (unpaired) electrons. The molecule has 0 bridgehead atoms. The molecule has 2 fully saturated rings. The maximum absolute atomic E-state index is 12.8. The number of rotatable bonds is 6. The van der Waals surface area contributed by atoms with Gasteiger partial charge in [-0.25, -0.2) is 0 Å². The van der Waals surface area contributed by atoms with Gasteiger partial charge in [0.25, 0.3) is 5.91 Å². The minimum absolute atomic E-state index is 0.0495. The first-order valence-electron chi connectivity index (χ1n) is 10.6. The predicted octanol–water partition coefficient (Wildman–Crippen LogP) is 3.51. The van der Waals surface area contributed by atoms with Gasteiger partial charge in [-0.05, 0) is 61.3 Å². The second kappa shape index (κ2) is 9.55. The first-order chi connectivity index (χ1) is 14.2. The number of thiophene rings is 1. The Morgan fingerprint density at radius 3 is 2.55 bits per heavy atom. The van der Waals surface area contributed by atoms with Crippen LogP contribution in [0.1, 0.15) is 46.5 Å². The van der Waals surface area contributed by atoms with Crippen LogP contribution in [0.5, 0.6) is 0 Å². The Balaban J connectivity index is 1.33. The van der Waals surface area contributed by atoms with E-state index < -0.39 is 0 Å². The van der Waals surface area contributed by atoms with Crippen LogP contribution in [-0.4, -0.2) is 47.8 Å². The molecular weight excluding hydrogens is 382 g/mol. The third-order valence-electron chi connectivity index (χ3n) is 5.98. The lowest BCUT2D eigenvalue weighted by molar-refractivity contribution is -0.126. The smallest absolute Gasteiger partial charge is 0.263 e. The number of nitrogens with zero attached hydrogens (tertiary/aromatic N) is 2. The highest BCUT2D eigenvalue weighted by Crippen LogP contribution is 2.21. The molecule has 0 aliphatic carbocycles. The second-order valence-corrected chi connectivity index (χ2v) is 8.99. The number of carbonyl (C=O) groups is 2. The fraction of sp³-hybridized carbons (Fsp3) is 0.478. The molecule has 29 heavy (non-hydrogen) atoms. The van der Waals surface area contributed by atoms with E-state index in [0.29, 0.717) is 13.1 Å². The summed E-state index contributed by atoms with van der Waals surface area (Å²) in [7, 11) is 0. The first-order valence-corrected chi connectivity index (χ1v) is 11.5. The van der Waals surface area contributed by atoms with E-state index in [9.17, 15) is 9.59 Å². The van der Waals surface area contributed by atoms with E-state index in [1.54, 1.807) is 0 Å². The number of piperidine rings is 1. The minimum Gasteiger partial charge on any atom is -0.352 e. The Kier molecular flexibility index (Phi) is 6.62. The summed E-state index contributed by atoms with van der Waals surface area (Å²) in [6, 6.07) is 12.1. The summed E-state index contributed by atoms with van der Waals surface area (Å²) in [5, 5.41) is 5.05. The van der Waals surface area contributed by atoms with Gasteiger partial charge in [0, 0.05) is 26.2 Å². The highest BCUT2D eigenvalue weighted by Gasteiger charge is 2.29. The molecule has 1 aromatic heterocycles. The molecule has 3 heterocycles. The molecule has 2 aromatic rings. The molecule has 2 aliphatic heterocycles. The standard InChI is InChI=1S/C23H29N3O2S/c27-22(20-9-5-13-26(17-20)23(28)21-10-6-14-29-21)24-15-18-7-1-2-8-19(18)16-25-11-3-4-12-25/h1-2,6-8,10,14,20H,3-5,9,11-13,15-17H2,(H,24,27)/t20-/m1/s1. The van der Waals surface area contributed by atoms with Gasteiger partial charge in [0.2, 0.25) is 5.91 Å². The van der Waals surface area contributed by atoms with Crippen molar-refractivity contribution in [1.29, 1.82) is 0 Å². The number of hydrogen-bond donors (Lipinski definition) is 1. The van der Waals surface area contributed by atoms with E-state index in [2.05, 4.69) is 28.4 Å². The van der Waals surface area contributed by atoms with Crippen LogP contribution in [0.4, 0.5) is 0 Å². The van der Waals surface area contributed by atoms with Crippen LogP contribution < -0.4 is 5.32 Å². The topological polar surface area (TPSA) is 52.7 Å².